The number of ketones is 1. The molecule has 0 saturated carbocycles. The zero-order valence-corrected chi connectivity index (χ0v) is 12.6. The molecule has 23 heavy (non-hydrogen) atoms. The summed E-state index contributed by atoms with van der Waals surface area (Å²) in [5.74, 6) is -0.914. The van der Waals surface area contributed by atoms with Crippen LogP contribution in [0.1, 0.15) is 27.0 Å². The van der Waals surface area contributed by atoms with Gasteiger partial charge < -0.3 is 10.4 Å². The van der Waals surface area contributed by atoms with Gasteiger partial charge in [0.15, 0.2) is 0 Å². The predicted molar refractivity (Wildman–Crippen MR) is 88.7 cm³/mol. The molecule has 0 fully saturated rings. The van der Waals surface area contributed by atoms with Gasteiger partial charge in [-0.15, -0.1) is 0 Å². The highest BCUT2D eigenvalue weighted by Crippen LogP contribution is 2.28. The number of rotatable bonds is 5. The summed E-state index contributed by atoms with van der Waals surface area (Å²) in [5, 5.41) is 12.2. The Morgan fingerprint density at radius 2 is 1.83 bits per heavy atom. The summed E-state index contributed by atoms with van der Waals surface area (Å²) in [6.07, 6.45) is 1.37. The molecule has 1 heterocycles. The molecule has 4 heteroatoms. The molecular weight excluding hydrogens is 290 g/mol. The fourth-order valence-electron chi connectivity index (χ4n) is 2.82. The Morgan fingerprint density at radius 3 is 2.57 bits per heavy atom. The molecule has 0 unspecified atom stereocenters. The average Bonchev–Trinajstić information content (AvgIpc) is 2.86. The quantitative estimate of drug-likeness (QED) is 0.890. The summed E-state index contributed by atoms with van der Waals surface area (Å²) in [6, 6.07) is 12.5. The van der Waals surface area contributed by atoms with Gasteiger partial charge >= 0.3 is 5.97 Å². The first-order valence-corrected chi connectivity index (χ1v) is 7.42. The Labute approximate surface area is 134 Å². The lowest BCUT2D eigenvalue weighted by Gasteiger charge is -2.05. The van der Waals surface area contributed by atoms with E-state index in [0.29, 0.717) is 6.42 Å². The minimum atomic E-state index is -0.981. The van der Waals surface area contributed by atoms with E-state index >= 15 is 0 Å². The molecule has 2 aromatic carbocycles. The molecule has 116 valence electrons. The fourth-order valence-corrected chi connectivity index (χ4v) is 2.82. The van der Waals surface area contributed by atoms with E-state index in [0.717, 1.165) is 34.5 Å². The second kappa shape index (κ2) is 6.08. The third-order valence-electron chi connectivity index (χ3n) is 3.86. The number of hydrogen-bond donors (Lipinski definition) is 2. The first-order chi connectivity index (χ1) is 11.0. The number of benzene rings is 2. The topological polar surface area (TPSA) is 66.4 Å². The van der Waals surface area contributed by atoms with Gasteiger partial charge in [0.1, 0.15) is 5.78 Å². The van der Waals surface area contributed by atoms with Gasteiger partial charge in [-0.25, -0.2) is 4.79 Å². The van der Waals surface area contributed by atoms with Crippen LogP contribution in [0.5, 0.6) is 0 Å². The van der Waals surface area contributed by atoms with Crippen LogP contribution in [0, 0.1) is 0 Å². The van der Waals surface area contributed by atoms with Crippen molar-refractivity contribution >= 4 is 17.4 Å². The number of anilines is 1. The van der Waals surface area contributed by atoms with Crippen LogP contribution in [0.15, 0.2) is 54.7 Å². The van der Waals surface area contributed by atoms with E-state index in [4.69, 9.17) is 5.11 Å². The molecule has 0 bridgehead atoms. The average molecular weight is 307 g/mol. The zero-order valence-electron chi connectivity index (χ0n) is 12.6. The maximum atomic E-state index is 12.2. The third-order valence-corrected chi connectivity index (χ3v) is 3.86. The van der Waals surface area contributed by atoms with Gasteiger partial charge in [-0.05, 0) is 34.9 Å². The highest BCUT2D eigenvalue weighted by molar-refractivity contribution is 5.89. The Morgan fingerprint density at radius 1 is 1.09 bits per heavy atom. The van der Waals surface area contributed by atoms with Crippen molar-refractivity contribution in [2.75, 3.05) is 5.32 Å². The minimum absolute atomic E-state index is 0.0669. The van der Waals surface area contributed by atoms with Gasteiger partial charge in [0.25, 0.3) is 0 Å². The number of carbonyl (C=O) groups is 2. The first-order valence-electron chi connectivity index (χ1n) is 7.42. The van der Waals surface area contributed by atoms with Gasteiger partial charge in [0.2, 0.25) is 0 Å². The number of aromatic carboxylic acids is 1. The molecule has 0 aliphatic carbocycles. The Balaban J connectivity index is 1.68. The second-order valence-electron chi connectivity index (χ2n) is 5.79. The summed E-state index contributed by atoms with van der Waals surface area (Å²) >= 11 is 0. The van der Waals surface area contributed by atoms with E-state index in [-0.39, 0.29) is 17.8 Å². The second-order valence-corrected chi connectivity index (χ2v) is 5.79. The number of carbonyl (C=O) groups excluding carboxylic acids is 1. The molecule has 0 aromatic heterocycles. The van der Waals surface area contributed by atoms with Crippen LogP contribution in [-0.2, 0) is 24.1 Å². The zero-order chi connectivity index (χ0) is 16.4. The van der Waals surface area contributed by atoms with Crippen LogP contribution in [0.2, 0.25) is 0 Å². The summed E-state index contributed by atoms with van der Waals surface area (Å²) in [6.45, 7) is 3.91. The normalized spacial score (nSPS) is 12.6. The Hall–Kier alpha value is -2.88. The summed E-state index contributed by atoms with van der Waals surface area (Å²) < 4.78 is 0. The van der Waals surface area contributed by atoms with Crippen LogP contribution in [0.3, 0.4) is 0 Å². The van der Waals surface area contributed by atoms with Crippen molar-refractivity contribution in [3.05, 3.63) is 77.0 Å². The molecule has 2 N–H and O–H groups in total. The lowest BCUT2D eigenvalue weighted by atomic mass is 9.99. The molecule has 0 atom stereocenters. The molecule has 1 aliphatic rings. The number of fused-ring (bicyclic) bond motifs is 1. The molecule has 2 aromatic rings. The van der Waals surface area contributed by atoms with Crippen molar-refractivity contribution in [2.24, 2.45) is 0 Å². The Bertz CT molecular complexity index is 808. The van der Waals surface area contributed by atoms with E-state index in [2.05, 4.69) is 11.9 Å². The number of carboxylic acids is 1. The molecule has 0 spiro atoms. The predicted octanol–water partition coefficient (Wildman–Crippen LogP) is 3.22. The number of Topliss-reactive ketones (excluding diaryl/α,β-unsaturated/α-hetero) is 1. The highest BCUT2D eigenvalue weighted by Gasteiger charge is 2.14. The minimum Gasteiger partial charge on any atom is -0.478 e. The van der Waals surface area contributed by atoms with Crippen LogP contribution >= 0.6 is 0 Å². The molecule has 3 rings (SSSR count). The molecule has 4 nitrogen and oxygen atoms in total. The van der Waals surface area contributed by atoms with E-state index in [9.17, 15) is 9.59 Å². The Kier molecular flexibility index (Phi) is 3.98. The molecule has 0 amide bonds. The van der Waals surface area contributed by atoms with E-state index in [1.807, 2.05) is 18.2 Å². The van der Waals surface area contributed by atoms with Crippen LogP contribution in [0.25, 0.3) is 0 Å². The van der Waals surface area contributed by atoms with Crippen LogP contribution in [0.4, 0.5) is 5.69 Å². The van der Waals surface area contributed by atoms with Crippen LogP contribution < -0.4 is 5.32 Å². The summed E-state index contributed by atoms with van der Waals surface area (Å²) in [7, 11) is 0. The lowest BCUT2D eigenvalue weighted by Crippen LogP contribution is -2.07. The highest BCUT2D eigenvalue weighted by atomic mass is 16.4. The molecule has 0 saturated heterocycles. The van der Waals surface area contributed by atoms with Gasteiger partial charge in [0, 0.05) is 30.6 Å². The van der Waals surface area contributed by atoms with Gasteiger partial charge in [0.05, 0.1) is 5.56 Å². The van der Waals surface area contributed by atoms with Crippen LogP contribution in [-0.4, -0.2) is 16.9 Å². The van der Waals surface area contributed by atoms with E-state index < -0.39 is 5.97 Å². The van der Waals surface area contributed by atoms with Gasteiger partial charge in [-0.1, -0.05) is 30.8 Å². The fraction of sp³-hybridized carbons (Fsp3) is 0.158. The lowest BCUT2D eigenvalue weighted by molar-refractivity contribution is -0.117. The monoisotopic (exact) mass is 307 g/mol. The number of hydrogen-bond acceptors (Lipinski definition) is 3. The standard InChI is InChI=1S/C19H17NO3/c1-12-7-16-9-14(5-6-18(16)20-12)11-17(21)10-13-3-2-4-15(8-13)19(22)23/h2-6,8-9,20H,1,7,10-11H2,(H,22,23). The largest absolute Gasteiger partial charge is 0.478 e. The number of allylic oxidation sites excluding steroid dienone is 1. The maximum absolute atomic E-state index is 12.2. The van der Waals surface area contributed by atoms with Crippen molar-refractivity contribution in [1.82, 2.24) is 0 Å². The molecule has 1 aliphatic heterocycles. The smallest absolute Gasteiger partial charge is 0.335 e. The SMILES string of the molecule is C=C1Cc2cc(CC(=O)Cc3cccc(C(=O)O)c3)ccc2N1. The summed E-state index contributed by atoms with van der Waals surface area (Å²) in [5.41, 5.74) is 5.09. The first kappa shape index (κ1) is 15.0. The number of carboxylic acid groups (broad SMARTS) is 1. The van der Waals surface area contributed by atoms with Gasteiger partial charge in [-0.3, -0.25) is 4.79 Å². The maximum Gasteiger partial charge on any atom is 0.335 e. The molecular formula is C19H17NO3. The van der Waals surface area contributed by atoms with Gasteiger partial charge in [-0.2, -0.15) is 0 Å². The van der Waals surface area contributed by atoms with E-state index in [1.165, 1.54) is 6.07 Å². The third kappa shape index (κ3) is 3.48. The van der Waals surface area contributed by atoms with E-state index in [1.54, 1.807) is 18.2 Å². The molecule has 0 radical (unpaired) electrons. The van der Waals surface area contributed by atoms with Crippen molar-refractivity contribution in [1.29, 1.82) is 0 Å². The number of nitrogens with one attached hydrogen (secondary N) is 1. The summed E-state index contributed by atoms with van der Waals surface area (Å²) in [4.78, 5) is 23.2. The van der Waals surface area contributed by atoms with Crippen molar-refractivity contribution in [3.8, 4) is 0 Å². The van der Waals surface area contributed by atoms with Crippen molar-refractivity contribution in [3.63, 3.8) is 0 Å². The van der Waals surface area contributed by atoms with Crippen molar-refractivity contribution < 1.29 is 14.7 Å². The van der Waals surface area contributed by atoms with Crippen molar-refractivity contribution in [2.45, 2.75) is 19.3 Å².